The molecule has 1 unspecified atom stereocenters. The zero-order chi connectivity index (χ0) is 14.0. The molecule has 2 rings (SSSR count). The molecule has 0 amide bonds. The summed E-state index contributed by atoms with van der Waals surface area (Å²) in [6.07, 6.45) is 3.50. The highest BCUT2D eigenvalue weighted by Gasteiger charge is 2.29. The first-order valence-electron chi connectivity index (χ1n) is 5.84. The molecule has 0 heterocycles. The van der Waals surface area contributed by atoms with Crippen molar-refractivity contribution in [3.8, 4) is 0 Å². The topological polar surface area (TPSA) is 103 Å². The quantitative estimate of drug-likeness (QED) is 0.624. The van der Waals surface area contributed by atoms with Gasteiger partial charge in [-0.15, -0.1) is 0 Å². The zero-order valence-corrected chi connectivity index (χ0v) is 10.8. The van der Waals surface area contributed by atoms with Gasteiger partial charge in [-0.2, -0.15) is 0 Å². The SMILES string of the molecule is O=[N+]([O-])c1ccc(S(=O)C2CCCC2)c([N+](=O)[O-])c1. The van der Waals surface area contributed by atoms with Gasteiger partial charge in [0.1, 0.15) is 4.90 Å². The van der Waals surface area contributed by atoms with Crippen LogP contribution in [0.1, 0.15) is 25.7 Å². The number of nitro groups is 2. The molecule has 0 N–H and O–H groups in total. The molecular weight excluding hydrogens is 272 g/mol. The summed E-state index contributed by atoms with van der Waals surface area (Å²) < 4.78 is 12.3. The van der Waals surface area contributed by atoms with Crippen LogP contribution in [0.3, 0.4) is 0 Å². The molecule has 0 bridgehead atoms. The standard InChI is InChI=1S/C11H12N2O5S/c14-12(15)8-5-6-11(10(7-8)13(16)17)19(18)9-3-1-2-4-9/h5-7,9H,1-4H2. The summed E-state index contributed by atoms with van der Waals surface area (Å²) in [5.74, 6) is 0. The highest BCUT2D eigenvalue weighted by Crippen LogP contribution is 2.33. The van der Waals surface area contributed by atoms with Crippen LogP contribution in [0.15, 0.2) is 23.1 Å². The van der Waals surface area contributed by atoms with E-state index in [-0.39, 0.29) is 15.8 Å². The first-order chi connectivity index (χ1) is 9.00. The largest absolute Gasteiger partial charge is 0.292 e. The van der Waals surface area contributed by atoms with E-state index in [0.717, 1.165) is 37.8 Å². The molecule has 7 nitrogen and oxygen atoms in total. The minimum Gasteiger partial charge on any atom is -0.258 e. The summed E-state index contributed by atoms with van der Waals surface area (Å²) in [5.41, 5.74) is -0.793. The van der Waals surface area contributed by atoms with Crippen molar-refractivity contribution in [2.75, 3.05) is 0 Å². The van der Waals surface area contributed by atoms with Crippen molar-refractivity contribution in [3.63, 3.8) is 0 Å². The Kier molecular flexibility index (Phi) is 3.89. The van der Waals surface area contributed by atoms with Gasteiger partial charge in [-0.1, -0.05) is 12.8 Å². The normalized spacial score (nSPS) is 17.3. The molecule has 0 saturated heterocycles. The van der Waals surface area contributed by atoms with Crippen molar-refractivity contribution in [1.82, 2.24) is 0 Å². The molecular formula is C11H12N2O5S. The summed E-state index contributed by atoms with van der Waals surface area (Å²) in [5, 5.41) is 21.5. The molecule has 1 aromatic carbocycles. The number of benzene rings is 1. The molecule has 0 spiro atoms. The molecule has 102 valence electrons. The molecule has 1 saturated carbocycles. The van der Waals surface area contributed by atoms with Crippen molar-refractivity contribution in [3.05, 3.63) is 38.4 Å². The average molecular weight is 284 g/mol. The van der Waals surface area contributed by atoms with Gasteiger partial charge in [0.05, 0.1) is 26.7 Å². The third-order valence-corrected chi connectivity index (χ3v) is 5.03. The summed E-state index contributed by atoms with van der Waals surface area (Å²) in [7, 11) is -1.48. The lowest BCUT2D eigenvalue weighted by atomic mass is 10.3. The molecule has 0 aromatic heterocycles. The lowest BCUT2D eigenvalue weighted by Gasteiger charge is -2.09. The maximum atomic E-state index is 12.3. The molecule has 19 heavy (non-hydrogen) atoms. The second-order valence-corrected chi connectivity index (χ2v) is 6.07. The molecule has 8 heteroatoms. The molecule has 1 atom stereocenters. The van der Waals surface area contributed by atoms with Gasteiger partial charge < -0.3 is 0 Å². The van der Waals surface area contributed by atoms with Crippen LogP contribution in [-0.2, 0) is 10.8 Å². The summed E-state index contributed by atoms with van der Waals surface area (Å²) >= 11 is 0. The Morgan fingerprint density at radius 2 is 1.74 bits per heavy atom. The number of rotatable bonds is 4. The number of hydrogen-bond acceptors (Lipinski definition) is 5. The van der Waals surface area contributed by atoms with Gasteiger partial charge in [0.2, 0.25) is 0 Å². The van der Waals surface area contributed by atoms with Crippen LogP contribution in [0.5, 0.6) is 0 Å². The lowest BCUT2D eigenvalue weighted by molar-refractivity contribution is -0.396. The Morgan fingerprint density at radius 1 is 1.11 bits per heavy atom. The van der Waals surface area contributed by atoms with Crippen LogP contribution < -0.4 is 0 Å². The maximum Gasteiger partial charge on any atom is 0.292 e. The van der Waals surface area contributed by atoms with Crippen LogP contribution in [0, 0.1) is 20.2 Å². The van der Waals surface area contributed by atoms with E-state index in [0.29, 0.717) is 0 Å². The molecule has 1 aliphatic rings. The first kappa shape index (κ1) is 13.6. The Labute approximate surface area is 111 Å². The van der Waals surface area contributed by atoms with Gasteiger partial charge in [-0.3, -0.25) is 24.4 Å². The Balaban J connectivity index is 2.41. The van der Waals surface area contributed by atoms with Crippen molar-refractivity contribution in [2.24, 2.45) is 0 Å². The first-order valence-corrected chi connectivity index (χ1v) is 7.05. The summed E-state index contributed by atoms with van der Waals surface area (Å²) in [6, 6.07) is 3.28. The Bertz CT molecular complexity index is 554. The average Bonchev–Trinajstić information content (AvgIpc) is 2.90. The number of nitrogens with zero attached hydrogens (tertiary/aromatic N) is 2. The van der Waals surface area contributed by atoms with E-state index in [9.17, 15) is 24.4 Å². The van der Waals surface area contributed by atoms with Crippen molar-refractivity contribution < 1.29 is 14.1 Å². The predicted molar refractivity (Wildman–Crippen MR) is 68.4 cm³/mol. The zero-order valence-electron chi connectivity index (χ0n) is 9.98. The van der Waals surface area contributed by atoms with E-state index in [1.165, 1.54) is 6.07 Å². The molecule has 0 aliphatic heterocycles. The maximum absolute atomic E-state index is 12.3. The fourth-order valence-electron chi connectivity index (χ4n) is 2.21. The minimum absolute atomic E-state index is 0.0832. The molecule has 1 aromatic rings. The van der Waals surface area contributed by atoms with Crippen molar-refractivity contribution in [2.45, 2.75) is 35.8 Å². The predicted octanol–water partition coefficient (Wildman–Crippen LogP) is 2.55. The second kappa shape index (κ2) is 5.43. The lowest BCUT2D eigenvalue weighted by Crippen LogP contribution is -2.12. The number of nitro benzene ring substituents is 2. The molecule has 1 aliphatic carbocycles. The van der Waals surface area contributed by atoms with Crippen LogP contribution >= 0.6 is 0 Å². The van der Waals surface area contributed by atoms with E-state index in [4.69, 9.17) is 0 Å². The third kappa shape index (κ3) is 2.78. The second-order valence-electron chi connectivity index (χ2n) is 4.37. The van der Waals surface area contributed by atoms with Gasteiger partial charge in [0, 0.05) is 11.3 Å². The Hall–Kier alpha value is -1.83. The third-order valence-electron chi connectivity index (χ3n) is 3.17. The van der Waals surface area contributed by atoms with E-state index in [1.54, 1.807) is 0 Å². The van der Waals surface area contributed by atoms with E-state index < -0.39 is 26.3 Å². The van der Waals surface area contributed by atoms with Gasteiger partial charge in [-0.25, -0.2) is 0 Å². The smallest absolute Gasteiger partial charge is 0.258 e. The van der Waals surface area contributed by atoms with E-state index >= 15 is 0 Å². The van der Waals surface area contributed by atoms with Crippen LogP contribution in [0.25, 0.3) is 0 Å². The van der Waals surface area contributed by atoms with Crippen molar-refractivity contribution >= 4 is 22.2 Å². The van der Waals surface area contributed by atoms with Crippen molar-refractivity contribution in [1.29, 1.82) is 0 Å². The van der Waals surface area contributed by atoms with Gasteiger partial charge >= 0.3 is 0 Å². The van der Waals surface area contributed by atoms with E-state index in [1.807, 2.05) is 0 Å². The van der Waals surface area contributed by atoms with Gasteiger partial charge in [-0.05, 0) is 18.9 Å². The monoisotopic (exact) mass is 284 g/mol. The molecule has 1 fully saturated rings. The van der Waals surface area contributed by atoms with Gasteiger partial charge in [0.15, 0.2) is 0 Å². The fraction of sp³-hybridized carbons (Fsp3) is 0.455. The fourth-order valence-corrected chi connectivity index (χ4v) is 3.88. The van der Waals surface area contributed by atoms with Crippen LogP contribution in [-0.4, -0.2) is 19.3 Å². The van der Waals surface area contributed by atoms with Crippen LogP contribution in [0.4, 0.5) is 11.4 Å². The minimum atomic E-state index is -1.48. The highest BCUT2D eigenvalue weighted by atomic mass is 32.2. The Morgan fingerprint density at radius 3 is 2.26 bits per heavy atom. The van der Waals surface area contributed by atoms with Crippen LogP contribution in [0.2, 0.25) is 0 Å². The molecule has 0 radical (unpaired) electrons. The van der Waals surface area contributed by atoms with Gasteiger partial charge in [0.25, 0.3) is 11.4 Å². The van der Waals surface area contributed by atoms with E-state index in [2.05, 4.69) is 0 Å². The number of hydrogen-bond donors (Lipinski definition) is 0. The summed E-state index contributed by atoms with van der Waals surface area (Å²) in [6.45, 7) is 0. The summed E-state index contributed by atoms with van der Waals surface area (Å²) in [4.78, 5) is 20.3. The number of non-ortho nitro benzene ring substituents is 1. The highest BCUT2D eigenvalue weighted by molar-refractivity contribution is 7.85.